The van der Waals surface area contributed by atoms with E-state index >= 15 is 0 Å². The molecule has 1 aromatic rings. The van der Waals surface area contributed by atoms with Crippen LogP contribution in [0.3, 0.4) is 0 Å². The monoisotopic (exact) mass is 319 g/mol. The zero-order chi connectivity index (χ0) is 16.2. The van der Waals surface area contributed by atoms with Crippen molar-refractivity contribution in [2.75, 3.05) is 13.1 Å². The van der Waals surface area contributed by atoms with Crippen molar-refractivity contribution in [1.82, 2.24) is 15.2 Å². The summed E-state index contributed by atoms with van der Waals surface area (Å²) in [5, 5.41) is 13.2. The smallest absolute Gasteiger partial charge is 0.268 e. The van der Waals surface area contributed by atoms with E-state index < -0.39 is 0 Å². The van der Waals surface area contributed by atoms with Crippen LogP contribution in [0.15, 0.2) is 23.0 Å². The van der Waals surface area contributed by atoms with E-state index in [1.54, 1.807) is 12.1 Å². The lowest BCUT2D eigenvalue weighted by Gasteiger charge is -2.41. The first-order valence-electron chi connectivity index (χ1n) is 8.56. The molecule has 2 heterocycles. The van der Waals surface area contributed by atoms with Crippen molar-refractivity contribution >= 4 is 5.91 Å². The van der Waals surface area contributed by atoms with Crippen molar-refractivity contribution in [3.05, 3.63) is 34.2 Å². The molecule has 1 aliphatic carbocycles. The van der Waals surface area contributed by atoms with Crippen LogP contribution < -0.4 is 10.9 Å². The Bertz CT molecular complexity index is 593. The van der Waals surface area contributed by atoms with Crippen molar-refractivity contribution < 1.29 is 9.90 Å². The van der Waals surface area contributed by atoms with Crippen molar-refractivity contribution in [1.29, 1.82) is 0 Å². The number of aromatic nitrogens is 1. The number of hydrogen-bond donors (Lipinski definition) is 3. The van der Waals surface area contributed by atoms with Gasteiger partial charge in [0.2, 0.25) is 5.56 Å². The van der Waals surface area contributed by atoms with Gasteiger partial charge in [-0.25, -0.2) is 0 Å². The van der Waals surface area contributed by atoms with E-state index in [0.717, 1.165) is 45.2 Å². The van der Waals surface area contributed by atoms with Crippen molar-refractivity contribution in [2.45, 2.75) is 56.7 Å². The molecule has 2 aliphatic rings. The van der Waals surface area contributed by atoms with Crippen LogP contribution in [0.1, 0.15) is 49.0 Å². The summed E-state index contributed by atoms with van der Waals surface area (Å²) in [5.74, 6) is -0.223. The Kier molecular flexibility index (Phi) is 5.13. The van der Waals surface area contributed by atoms with Crippen LogP contribution in [0, 0.1) is 0 Å². The minimum atomic E-state index is -0.265. The summed E-state index contributed by atoms with van der Waals surface area (Å²) in [6.45, 7) is 1.80. The van der Waals surface area contributed by atoms with Gasteiger partial charge in [-0.2, -0.15) is 0 Å². The molecule has 0 bridgehead atoms. The van der Waals surface area contributed by atoms with Gasteiger partial charge in [0.05, 0.1) is 6.10 Å². The number of piperidine rings is 1. The van der Waals surface area contributed by atoms with Gasteiger partial charge in [-0.05, 0) is 31.7 Å². The number of H-pyrrole nitrogens is 1. The van der Waals surface area contributed by atoms with Gasteiger partial charge in [-0.15, -0.1) is 0 Å². The number of aromatic amines is 1. The lowest BCUT2D eigenvalue weighted by atomic mass is 9.89. The van der Waals surface area contributed by atoms with E-state index in [4.69, 9.17) is 0 Å². The fraction of sp³-hybridized carbons (Fsp3) is 0.647. The van der Waals surface area contributed by atoms with Crippen LogP contribution in [0.2, 0.25) is 0 Å². The number of amides is 1. The number of rotatable bonds is 3. The highest BCUT2D eigenvalue weighted by atomic mass is 16.3. The summed E-state index contributed by atoms with van der Waals surface area (Å²) in [6.07, 6.45) is 5.85. The lowest BCUT2D eigenvalue weighted by Crippen LogP contribution is -2.52. The molecule has 126 valence electrons. The molecule has 1 saturated heterocycles. The zero-order valence-electron chi connectivity index (χ0n) is 13.3. The van der Waals surface area contributed by atoms with Crippen LogP contribution in [0.25, 0.3) is 0 Å². The van der Waals surface area contributed by atoms with Gasteiger partial charge in [0.1, 0.15) is 5.69 Å². The van der Waals surface area contributed by atoms with E-state index in [2.05, 4.69) is 15.2 Å². The number of nitrogens with zero attached hydrogens (tertiary/aromatic N) is 1. The first-order chi connectivity index (χ1) is 11.1. The summed E-state index contributed by atoms with van der Waals surface area (Å²) in [5.41, 5.74) is 0.0430. The molecular weight excluding hydrogens is 294 g/mol. The minimum Gasteiger partial charge on any atom is -0.391 e. The second kappa shape index (κ2) is 7.27. The molecule has 6 heteroatoms. The maximum atomic E-state index is 12.2. The van der Waals surface area contributed by atoms with Crippen LogP contribution in [-0.4, -0.2) is 52.2 Å². The number of likely N-dealkylation sites (tertiary alicyclic amines) is 1. The Morgan fingerprint density at radius 2 is 1.91 bits per heavy atom. The maximum Gasteiger partial charge on any atom is 0.268 e. The molecule has 0 spiro atoms. The van der Waals surface area contributed by atoms with Gasteiger partial charge < -0.3 is 15.4 Å². The topological polar surface area (TPSA) is 85.4 Å². The third kappa shape index (κ3) is 4.00. The Hall–Kier alpha value is -1.66. The molecular formula is C17H25N3O3. The molecule has 1 saturated carbocycles. The summed E-state index contributed by atoms with van der Waals surface area (Å²) in [7, 11) is 0. The van der Waals surface area contributed by atoms with Crippen LogP contribution in [-0.2, 0) is 0 Å². The van der Waals surface area contributed by atoms with Gasteiger partial charge in [0, 0.05) is 31.2 Å². The van der Waals surface area contributed by atoms with Crippen LogP contribution in [0.4, 0.5) is 0 Å². The summed E-state index contributed by atoms with van der Waals surface area (Å²) in [4.78, 5) is 28.4. The highest BCUT2D eigenvalue weighted by molar-refractivity contribution is 5.92. The quantitative estimate of drug-likeness (QED) is 0.772. The molecule has 2 fully saturated rings. The molecule has 0 radical (unpaired) electrons. The number of carbonyl (C=O) groups excluding carboxylic acids is 1. The van der Waals surface area contributed by atoms with Gasteiger partial charge in [0.25, 0.3) is 5.91 Å². The molecule has 23 heavy (non-hydrogen) atoms. The standard InChI is InChI=1S/C17H25N3O3/c21-15-6-2-1-5-14(15)20-10-8-12(9-11-20)18-17(23)13-4-3-7-16(22)19-13/h3-4,7,12,14-15,21H,1-2,5-6,8-11H2,(H,18,23)(H,19,22)/t14-,15-/m1/s1. The fourth-order valence-electron chi connectivity index (χ4n) is 3.74. The Balaban J connectivity index is 1.51. The predicted octanol–water partition coefficient (Wildman–Crippen LogP) is 0.873. The summed E-state index contributed by atoms with van der Waals surface area (Å²) in [6, 6.07) is 5.00. The first-order valence-corrected chi connectivity index (χ1v) is 8.56. The molecule has 3 rings (SSSR count). The second-order valence-electron chi connectivity index (χ2n) is 6.63. The van der Waals surface area contributed by atoms with Gasteiger partial charge in [-0.3, -0.25) is 14.5 Å². The number of pyridine rings is 1. The SMILES string of the molecule is O=C(NC1CCN([C@@H]2CCCC[C@H]2O)CC1)c1cccc(=O)[nH]1. The molecule has 1 aromatic heterocycles. The average Bonchev–Trinajstić information content (AvgIpc) is 2.56. The highest BCUT2D eigenvalue weighted by Gasteiger charge is 2.31. The van der Waals surface area contributed by atoms with Crippen molar-refractivity contribution in [3.8, 4) is 0 Å². The van der Waals surface area contributed by atoms with E-state index in [9.17, 15) is 14.7 Å². The van der Waals surface area contributed by atoms with Crippen LogP contribution >= 0.6 is 0 Å². The van der Waals surface area contributed by atoms with Crippen LogP contribution in [0.5, 0.6) is 0 Å². The average molecular weight is 319 g/mol. The van der Waals surface area contributed by atoms with Crippen molar-refractivity contribution in [3.63, 3.8) is 0 Å². The van der Waals surface area contributed by atoms with Gasteiger partial charge >= 0.3 is 0 Å². The zero-order valence-corrected chi connectivity index (χ0v) is 13.3. The third-order valence-electron chi connectivity index (χ3n) is 5.04. The predicted molar refractivity (Wildman–Crippen MR) is 87.4 cm³/mol. The minimum absolute atomic E-state index is 0.128. The number of hydrogen-bond acceptors (Lipinski definition) is 4. The molecule has 2 atom stereocenters. The fourth-order valence-corrected chi connectivity index (χ4v) is 3.74. The molecule has 1 aliphatic heterocycles. The Morgan fingerprint density at radius 1 is 1.17 bits per heavy atom. The van der Waals surface area contributed by atoms with Crippen molar-refractivity contribution in [2.24, 2.45) is 0 Å². The second-order valence-corrected chi connectivity index (χ2v) is 6.63. The molecule has 0 unspecified atom stereocenters. The van der Waals surface area contributed by atoms with E-state index in [1.165, 1.54) is 12.5 Å². The van der Waals surface area contributed by atoms with E-state index in [-0.39, 0.29) is 29.7 Å². The third-order valence-corrected chi connectivity index (χ3v) is 5.04. The maximum absolute atomic E-state index is 12.2. The van der Waals surface area contributed by atoms with Gasteiger partial charge in [0.15, 0.2) is 0 Å². The number of carbonyl (C=O) groups is 1. The first kappa shape index (κ1) is 16.2. The largest absolute Gasteiger partial charge is 0.391 e. The molecule has 1 amide bonds. The van der Waals surface area contributed by atoms with E-state index in [0.29, 0.717) is 5.69 Å². The normalized spacial score (nSPS) is 26.8. The lowest BCUT2D eigenvalue weighted by molar-refractivity contribution is 0.00726. The Morgan fingerprint density at radius 3 is 2.61 bits per heavy atom. The highest BCUT2D eigenvalue weighted by Crippen LogP contribution is 2.25. The van der Waals surface area contributed by atoms with E-state index in [1.807, 2.05) is 0 Å². The molecule has 3 N–H and O–H groups in total. The Labute approximate surface area is 135 Å². The number of aliphatic hydroxyl groups excluding tert-OH is 1. The number of aliphatic hydroxyl groups is 1. The molecule has 0 aromatic carbocycles. The summed E-state index contributed by atoms with van der Waals surface area (Å²) < 4.78 is 0. The number of nitrogens with one attached hydrogen (secondary N) is 2. The van der Waals surface area contributed by atoms with Gasteiger partial charge in [-0.1, -0.05) is 18.9 Å². The summed E-state index contributed by atoms with van der Waals surface area (Å²) >= 11 is 0. The molecule has 6 nitrogen and oxygen atoms in total.